The largest absolute Gasteiger partial charge is 0.481 e. The Kier molecular flexibility index (Phi) is 3.35. The minimum atomic E-state index is -0.809. The maximum atomic E-state index is 12.6. The standard InChI is InChI=1S/C16H19NO4/c1-2-16(15(19)20)7-8-17(10-16)14(18)13-9-11-5-3-4-6-12(11)21-13/h3-6,13H,2,7-10H2,1H3,(H,19,20). The summed E-state index contributed by atoms with van der Waals surface area (Å²) in [5.41, 5.74) is 0.247. The van der Waals surface area contributed by atoms with Crippen molar-refractivity contribution in [2.45, 2.75) is 32.3 Å². The lowest BCUT2D eigenvalue weighted by Crippen LogP contribution is -2.42. The number of hydrogen-bond acceptors (Lipinski definition) is 3. The van der Waals surface area contributed by atoms with Crippen LogP contribution in [0.1, 0.15) is 25.3 Å². The van der Waals surface area contributed by atoms with Gasteiger partial charge in [-0.05, 0) is 24.5 Å². The summed E-state index contributed by atoms with van der Waals surface area (Å²) in [7, 11) is 0. The van der Waals surface area contributed by atoms with E-state index in [1.807, 2.05) is 31.2 Å². The van der Waals surface area contributed by atoms with Gasteiger partial charge in [0.25, 0.3) is 5.91 Å². The lowest BCUT2D eigenvalue weighted by atomic mass is 9.84. The first-order valence-electron chi connectivity index (χ1n) is 7.32. The van der Waals surface area contributed by atoms with Crippen LogP contribution in [0, 0.1) is 5.41 Å². The lowest BCUT2D eigenvalue weighted by molar-refractivity contribution is -0.149. The number of nitrogens with zero attached hydrogens (tertiary/aromatic N) is 1. The maximum Gasteiger partial charge on any atom is 0.311 e. The minimum Gasteiger partial charge on any atom is -0.481 e. The molecule has 3 rings (SSSR count). The fourth-order valence-corrected chi connectivity index (χ4v) is 3.20. The van der Waals surface area contributed by atoms with Crippen molar-refractivity contribution < 1.29 is 19.4 Å². The molecule has 1 fully saturated rings. The second-order valence-corrected chi connectivity index (χ2v) is 5.87. The van der Waals surface area contributed by atoms with Gasteiger partial charge in [0.15, 0.2) is 6.10 Å². The first-order valence-corrected chi connectivity index (χ1v) is 7.32. The molecule has 1 amide bonds. The summed E-state index contributed by atoms with van der Waals surface area (Å²) in [6.45, 7) is 2.65. The molecule has 0 aliphatic carbocycles. The number of carbonyl (C=O) groups is 2. The Morgan fingerprint density at radius 1 is 1.43 bits per heavy atom. The van der Waals surface area contributed by atoms with E-state index in [9.17, 15) is 14.7 Å². The number of rotatable bonds is 3. The van der Waals surface area contributed by atoms with Gasteiger partial charge in [-0.25, -0.2) is 0 Å². The number of likely N-dealkylation sites (tertiary alicyclic amines) is 1. The van der Waals surface area contributed by atoms with E-state index in [4.69, 9.17) is 4.74 Å². The predicted octanol–water partition coefficient (Wildman–Crippen LogP) is 1.70. The van der Waals surface area contributed by atoms with Gasteiger partial charge in [-0.3, -0.25) is 9.59 Å². The summed E-state index contributed by atoms with van der Waals surface area (Å²) in [6, 6.07) is 7.63. The van der Waals surface area contributed by atoms with Gasteiger partial charge in [0.1, 0.15) is 5.75 Å². The number of ether oxygens (including phenoxy) is 1. The summed E-state index contributed by atoms with van der Waals surface area (Å²) in [5.74, 6) is -0.145. The molecule has 2 atom stereocenters. The lowest BCUT2D eigenvalue weighted by Gasteiger charge is -2.24. The van der Waals surface area contributed by atoms with Crippen LogP contribution < -0.4 is 4.74 Å². The van der Waals surface area contributed by atoms with Gasteiger partial charge in [0, 0.05) is 19.5 Å². The Balaban J connectivity index is 1.70. The molecule has 2 heterocycles. The normalized spacial score (nSPS) is 27.3. The van der Waals surface area contributed by atoms with E-state index in [0.29, 0.717) is 25.8 Å². The Morgan fingerprint density at radius 3 is 2.81 bits per heavy atom. The fourth-order valence-electron chi connectivity index (χ4n) is 3.20. The van der Waals surface area contributed by atoms with Crippen molar-refractivity contribution >= 4 is 11.9 Å². The van der Waals surface area contributed by atoms with E-state index in [1.54, 1.807) is 4.90 Å². The van der Waals surface area contributed by atoms with Crippen molar-refractivity contribution in [1.82, 2.24) is 4.90 Å². The van der Waals surface area contributed by atoms with E-state index in [1.165, 1.54) is 0 Å². The molecule has 5 heteroatoms. The van der Waals surface area contributed by atoms with Crippen LogP contribution in [-0.2, 0) is 16.0 Å². The summed E-state index contributed by atoms with van der Waals surface area (Å²) in [5, 5.41) is 9.40. The second-order valence-electron chi connectivity index (χ2n) is 5.87. The summed E-state index contributed by atoms with van der Waals surface area (Å²) < 4.78 is 5.70. The zero-order valence-corrected chi connectivity index (χ0v) is 12.0. The van der Waals surface area contributed by atoms with E-state index >= 15 is 0 Å². The van der Waals surface area contributed by atoms with Crippen LogP contribution in [0.5, 0.6) is 5.75 Å². The molecule has 1 saturated heterocycles. The average Bonchev–Trinajstić information content (AvgIpc) is 3.11. The monoisotopic (exact) mass is 289 g/mol. The van der Waals surface area contributed by atoms with Crippen molar-refractivity contribution in [1.29, 1.82) is 0 Å². The van der Waals surface area contributed by atoms with Gasteiger partial charge in [-0.1, -0.05) is 25.1 Å². The van der Waals surface area contributed by atoms with Crippen LogP contribution in [0.4, 0.5) is 0 Å². The fraction of sp³-hybridized carbons (Fsp3) is 0.500. The third kappa shape index (κ3) is 2.26. The van der Waals surface area contributed by atoms with Crippen LogP contribution in [0.25, 0.3) is 0 Å². The average molecular weight is 289 g/mol. The van der Waals surface area contributed by atoms with Crippen LogP contribution >= 0.6 is 0 Å². The molecule has 2 unspecified atom stereocenters. The van der Waals surface area contributed by atoms with Crippen molar-refractivity contribution in [3.05, 3.63) is 29.8 Å². The zero-order valence-electron chi connectivity index (χ0n) is 12.0. The molecule has 1 aromatic rings. The van der Waals surface area contributed by atoms with E-state index in [2.05, 4.69) is 0 Å². The Labute approximate surface area is 123 Å². The SMILES string of the molecule is CCC1(C(=O)O)CCN(C(=O)C2Cc3ccccc3O2)C1. The third-order valence-corrected chi connectivity index (χ3v) is 4.72. The van der Waals surface area contributed by atoms with E-state index < -0.39 is 17.5 Å². The molecule has 0 bridgehead atoms. The molecule has 0 saturated carbocycles. The number of benzene rings is 1. The minimum absolute atomic E-state index is 0.0947. The third-order valence-electron chi connectivity index (χ3n) is 4.72. The molecular weight excluding hydrogens is 270 g/mol. The van der Waals surface area contributed by atoms with Crippen LogP contribution in [-0.4, -0.2) is 41.1 Å². The number of fused-ring (bicyclic) bond motifs is 1. The van der Waals surface area contributed by atoms with Crippen molar-refractivity contribution in [2.24, 2.45) is 5.41 Å². The van der Waals surface area contributed by atoms with Crippen molar-refractivity contribution in [3.8, 4) is 5.75 Å². The molecule has 1 aromatic carbocycles. The molecule has 21 heavy (non-hydrogen) atoms. The molecule has 0 radical (unpaired) electrons. The molecule has 2 aliphatic heterocycles. The number of hydrogen-bond donors (Lipinski definition) is 1. The van der Waals surface area contributed by atoms with Gasteiger partial charge in [-0.2, -0.15) is 0 Å². The highest BCUT2D eigenvalue weighted by Gasteiger charge is 2.46. The van der Waals surface area contributed by atoms with Crippen LogP contribution in [0.3, 0.4) is 0 Å². The number of carboxylic acid groups (broad SMARTS) is 1. The quantitative estimate of drug-likeness (QED) is 0.919. The van der Waals surface area contributed by atoms with Crippen LogP contribution in [0.2, 0.25) is 0 Å². The van der Waals surface area contributed by atoms with E-state index in [-0.39, 0.29) is 12.5 Å². The highest BCUT2D eigenvalue weighted by molar-refractivity contribution is 5.85. The van der Waals surface area contributed by atoms with Crippen molar-refractivity contribution in [3.63, 3.8) is 0 Å². The van der Waals surface area contributed by atoms with Crippen molar-refractivity contribution in [2.75, 3.05) is 13.1 Å². The first kappa shape index (κ1) is 13.9. The van der Waals surface area contributed by atoms with Crippen LogP contribution in [0.15, 0.2) is 24.3 Å². The second kappa shape index (κ2) is 5.06. The molecule has 112 valence electrons. The summed E-state index contributed by atoms with van der Waals surface area (Å²) in [4.78, 5) is 25.7. The number of amides is 1. The molecule has 5 nitrogen and oxygen atoms in total. The number of carboxylic acids is 1. The highest BCUT2D eigenvalue weighted by atomic mass is 16.5. The molecule has 0 aromatic heterocycles. The molecule has 1 N–H and O–H groups in total. The van der Waals surface area contributed by atoms with E-state index in [0.717, 1.165) is 11.3 Å². The first-order chi connectivity index (χ1) is 10.1. The molecule has 0 spiro atoms. The number of aliphatic carboxylic acids is 1. The van der Waals surface area contributed by atoms with Gasteiger partial charge < -0.3 is 14.7 Å². The zero-order chi connectivity index (χ0) is 15.0. The smallest absolute Gasteiger partial charge is 0.311 e. The highest BCUT2D eigenvalue weighted by Crippen LogP contribution is 2.36. The predicted molar refractivity (Wildman–Crippen MR) is 76.1 cm³/mol. The maximum absolute atomic E-state index is 12.6. The topological polar surface area (TPSA) is 66.8 Å². The Hall–Kier alpha value is -2.04. The molecule has 2 aliphatic rings. The van der Waals surface area contributed by atoms with Gasteiger partial charge in [-0.15, -0.1) is 0 Å². The number of para-hydroxylation sites is 1. The molecular formula is C16H19NO4. The van der Waals surface area contributed by atoms with Gasteiger partial charge in [0.2, 0.25) is 0 Å². The number of carbonyl (C=O) groups excluding carboxylic acids is 1. The van der Waals surface area contributed by atoms with Gasteiger partial charge >= 0.3 is 5.97 Å². The summed E-state index contributed by atoms with van der Waals surface area (Å²) in [6.07, 6.45) is 1.11. The Bertz CT molecular complexity index is 560. The van der Waals surface area contributed by atoms with Gasteiger partial charge in [0.05, 0.1) is 5.41 Å². The Morgan fingerprint density at radius 2 is 2.19 bits per heavy atom. The summed E-state index contributed by atoms with van der Waals surface area (Å²) >= 11 is 0.